The predicted octanol–water partition coefficient (Wildman–Crippen LogP) is -0.348. The summed E-state index contributed by atoms with van der Waals surface area (Å²) < 4.78 is 6.88. The number of hydrogen-bond acceptors (Lipinski definition) is 5. The highest BCUT2D eigenvalue weighted by Crippen LogP contribution is 2.28. The quantitative estimate of drug-likeness (QED) is 0.786. The van der Waals surface area contributed by atoms with Crippen molar-refractivity contribution >= 4 is 17.9 Å². The monoisotopic (exact) mass is 335 g/mol. The second-order valence-corrected chi connectivity index (χ2v) is 6.26. The molecule has 3 amide bonds. The third kappa shape index (κ3) is 3.06. The summed E-state index contributed by atoms with van der Waals surface area (Å²) >= 11 is 0. The molecule has 0 saturated carbocycles. The Kier molecular flexibility index (Phi) is 4.16. The SMILES string of the molecule is CNC(=O)Cn1nc(C(=O)N2CCCC3(CNC(=O)O3)C2)cc1C. The maximum Gasteiger partial charge on any atom is 0.407 e. The fourth-order valence-corrected chi connectivity index (χ4v) is 3.15. The van der Waals surface area contributed by atoms with E-state index in [4.69, 9.17) is 4.74 Å². The summed E-state index contributed by atoms with van der Waals surface area (Å²) in [5.41, 5.74) is 0.401. The average molecular weight is 335 g/mol. The van der Waals surface area contributed by atoms with Crippen molar-refractivity contribution in [3.05, 3.63) is 17.5 Å². The Hall–Kier alpha value is -2.58. The zero-order valence-electron chi connectivity index (χ0n) is 13.8. The Bertz CT molecular complexity index is 685. The third-order valence-corrected chi connectivity index (χ3v) is 4.46. The summed E-state index contributed by atoms with van der Waals surface area (Å²) in [6.07, 6.45) is 1.06. The van der Waals surface area contributed by atoms with Crippen LogP contribution in [0.2, 0.25) is 0 Å². The fourth-order valence-electron chi connectivity index (χ4n) is 3.15. The number of aryl methyl sites for hydroxylation is 1. The van der Waals surface area contributed by atoms with Crippen molar-refractivity contribution in [2.24, 2.45) is 0 Å². The molecule has 9 nitrogen and oxygen atoms in total. The Morgan fingerprint density at radius 2 is 2.29 bits per heavy atom. The van der Waals surface area contributed by atoms with Crippen molar-refractivity contribution < 1.29 is 19.1 Å². The van der Waals surface area contributed by atoms with Gasteiger partial charge in [0.15, 0.2) is 5.69 Å². The van der Waals surface area contributed by atoms with Crippen molar-refractivity contribution in [2.45, 2.75) is 31.9 Å². The number of likely N-dealkylation sites (N-methyl/N-ethyl adjacent to an activating group) is 1. The van der Waals surface area contributed by atoms with Gasteiger partial charge in [0.2, 0.25) is 5.91 Å². The lowest BCUT2D eigenvalue weighted by atomic mass is 9.93. The molecule has 2 saturated heterocycles. The Labute approximate surface area is 139 Å². The van der Waals surface area contributed by atoms with Crippen LogP contribution in [0.4, 0.5) is 4.79 Å². The second kappa shape index (κ2) is 6.14. The molecular formula is C15H21N5O4. The van der Waals surface area contributed by atoms with Crippen LogP contribution in [0.25, 0.3) is 0 Å². The number of carbonyl (C=O) groups is 3. The molecule has 1 spiro atoms. The number of piperidine rings is 1. The van der Waals surface area contributed by atoms with Gasteiger partial charge in [0, 0.05) is 19.3 Å². The number of aromatic nitrogens is 2. The molecule has 1 aromatic heterocycles. The second-order valence-electron chi connectivity index (χ2n) is 6.26. The van der Waals surface area contributed by atoms with Gasteiger partial charge in [-0.25, -0.2) is 4.79 Å². The van der Waals surface area contributed by atoms with Crippen LogP contribution in [0.15, 0.2) is 6.07 Å². The molecule has 0 aliphatic carbocycles. The predicted molar refractivity (Wildman–Crippen MR) is 83.4 cm³/mol. The maximum absolute atomic E-state index is 12.7. The Morgan fingerprint density at radius 3 is 2.96 bits per heavy atom. The normalized spacial score (nSPS) is 23.1. The van der Waals surface area contributed by atoms with Crippen LogP contribution in [0.3, 0.4) is 0 Å². The first-order chi connectivity index (χ1) is 11.4. The number of nitrogens with one attached hydrogen (secondary N) is 2. The Morgan fingerprint density at radius 1 is 1.50 bits per heavy atom. The van der Waals surface area contributed by atoms with E-state index in [2.05, 4.69) is 15.7 Å². The van der Waals surface area contributed by atoms with E-state index < -0.39 is 11.7 Å². The van der Waals surface area contributed by atoms with Crippen LogP contribution in [-0.2, 0) is 16.1 Å². The molecule has 9 heteroatoms. The van der Waals surface area contributed by atoms with Crippen molar-refractivity contribution in [1.29, 1.82) is 0 Å². The zero-order chi connectivity index (χ0) is 17.3. The molecule has 2 aliphatic rings. The highest BCUT2D eigenvalue weighted by molar-refractivity contribution is 5.92. The highest BCUT2D eigenvalue weighted by Gasteiger charge is 2.45. The molecule has 0 radical (unpaired) electrons. The lowest BCUT2D eigenvalue weighted by molar-refractivity contribution is -0.121. The number of rotatable bonds is 3. The fraction of sp³-hybridized carbons (Fsp3) is 0.600. The summed E-state index contributed by atoms with van der Waals surface area (Å²) in [6, 6.07) is 1.67. The maximum atomic E-state index is 12.7. The molecule has 2 fully saturated rings. The van der Waals surface area contributed by atoms with E-state index in [1.807, 2.05) is 0 Å². The Balaban J connectivity index is 1.73. The number of hydrogen-bond donors (Lipinski definition) is 2. The molecule has 3 rings (SSSR count). The van der Waals surface area contributed by atoms with Gasteiger partial charge in [-0.05, 0) is 25.8 Å². The van der Waals surface area contributed by atoms with E-state index in [1.165, 1.54) is 4.68 Å². The van der Waals surface area contributed by atoms with Gasteiger partial charge in [0.25, 0.3) is 5.91 Å². The molecular weight excluding hydrogens is 314 g/mol. The third-order valence-electron chi connectivity index (χ3n) is 4.46. The first-order valence-corrected chi connectivity index (χ1v) is 7.94. The molecule has 1 unspecified atom stereocenters. The van der Waals surface area contributed by atoms with Gasteiger partial charge in [-0.3, -0.25) is 14.3 Å². The van der Waals surface area contributed by atoms with Crippen molar-refractivity contribution in [1.82, 2.24) is 25.3 Å². The number of nitrogens with zero attached hydrogens (tertiary/aromatic N) is 3. The molecule has 130 valence electrons. The first kappa shape index (κ1) is 16.3. The van der Waals surface area contributed by atoms with Crippen molar-refractivity contribution in [2.75, 3.05) is 26.7 Å². The van der Waals surface area contributed by atoms with Gasteiger partial charge >= 0.3 is 6.09 Å². The van der Waals surface area contributed by atoms with E-state index in [1.54, 1.807) is 24.9 Å². The number of amides is 3. The van der Waals surface area contributed by atoms with Gasteiger partial charge in [-0.2, -0.15) is 5.10 Å². The van der Waals surface area contributed by atoms with Gasteiger partial charge in [-0.15, -0.1) is 0 Å². The molecule has 0 aromatic carbocycles. The minimum Gasteiger partial charge on any atom is -0.439 e. The van der Waals surface area contributed by atoms with E-state index >= 15 is 0 Å². The lowest BCUT2D eigenvalue weighted by Crippen LogP contribution is -2.52. The first-order valence-electron chi connectivity index (χ1n) is 7.94. The van der Waals surface area contributed by atoms with Crippen LogP contribution in [0, 0.1) is 6.92 Å². The number of ether oxygens (including phenoxy) is 1. The van der Waals surface area contributed by atoms with Gasteiger partial charge in [-0.1, -0.05) is 0 Å². The number of likely N-dealkylation sites (tertiary alicyclic amines) is 1. The van der Waals surface area contributed by atoms with Crippen LogP contribution in [0.5, 0.6) is 0 Å². The van der Waals surface area contributed by atoms with E-state index in [9.17, 15) is 14.4 Å². The molecule has 2 aliphatic heterocycles. The largest absolute Gasteiger partial charge is 0.439 e. The molecule has 3 heterocycles. The minimum atomic E-state index is -0.634. The van der Waals surface area contributed by atoms with Gasteiger partial charge < -0.3 is 20.3 Å². The lowest BCUT2D eigenvalue weighted by Gasteiger charge is -2.37. The van der Waals surface area contributed by atoms with Gasteiger partial charge in [0.05, 0.1) is 13.1 Å². The topological polar surface area (TPSA) is 106 Å². The molecule has 24 heavy (non-hydrogen) atoms. The van der Waals surface area contributed by atoms with Crippen molar-refractivity contribution in [3.63, 3.8) is 0 Å². The van der Waals surface area contributed by atoms with Crippen LogP contribution in [-0.4, -0.2) is 64.9 Å². The summed E-state index contributed by atoms with van der Waals surface area (Å²) in [5.74, 6) is -0.392. The average Bonchev–Trinajstić information content (AvgIpc) is 3.10. The van der Waals surface area contributed by atoms with Crippen LogP contribution in [0.1, 0.15) is 29.0 Å². The standard InChI is InChI=1S/C15H21N5O4/c1-10-6-11(18-20(10)7-12(21)16-2)13(22)19-5-3-4-15(9-19)8-17-14(23)24-15/h6H,3-5,7-9H2,1-2H3,(H,16,21)(H,17,23). The van der Waals surface area contributed by atoms with Gasteiger partial charge in [0.1, 0.15) is 12.1 Å². The van der Waals surface area contributed by atoms with Crippen molar-refractivity contribution in [3.8, 4) is 0 Å². The summed E-state index contributed by atoms with van der Waals surface area (Å²) in [6.45, 7) is 3.24. The summed E-state index contributed by atoms with van der Waals surface area (Å²) in [4.78, 5) is 37.2. The van der Waals surface area contributed by atoms with Crippen LogP contribution >= 0.6 is 0 Å². The highest BCUT2D eigenvalue weighted by atomic mass is 16.6. The van der Waals surface area contributed by atoms with E-state index in [0.717, 1.165) is 18.5 Å². The molecule has 1 aromatic rings. The summed E-state index contributed by atoms with van der Waals surface area (Å²) in [7, 11) is 1.55. The molecule has 0 bridgehead atoms. The number of carbonyl (C=O) groups excluding carboxylic acids is 3. The van der Waals surface area contributed by atoms with E-state index in [-0.39, 0.29) is 18.4 Å². The van der Waals surface area contributed by atoms with E-state index in [0.29, 0.717) is 25.3 Å². The smallest absolute Gasteiger partial charge is 0.407 e. The molecule has 1 atom stereocenters. The zero-order valence-corrected chi connectivity index (χ0v) is 13.8. The van der Waals surface area contributed by atoms with Crippen LogP contribution < -0.4 is 10.6 Å². The molecule has 2 N–H and O–H groups in total. The minimum absolute atomic E-state index is 0.0705. The number of alkyl carbamates (subject to hydrolysis) is 1. The summed E-state index contributed by atoms with van der Waals surface area (Å²) in [5, 5.41) is 9.43.